The molecule has 2 rings (SSSR count). The van der Waals surface area contributed by atoms with E-state index in [0.29, 0.717) is 11.3 Å². The van der Waals surface area contributed by atoms with Crippen LogP contribution < -0.4 is 5.73 Å². The van der Waals surface area contributed by atoms with E-state index < -0.39 is 0 Å². The van der Waals surface area contributed by atoms with E-state index in [1.807, 2.05) is 17.5 Å². The molecule has 4 heteroatoms. The number of anilines is 1. The highest BCUT2D eigenvalue weighted by atomic mass is 127. The molecule has 0 fully saturated rings. The summed E-state index contributed by atoms with van der Waals surface area (Å²) in [5.41, 5.74) is 7.26. The quantitative estimate of drug-likeness (QED) is 0.500. The fourth-order valence-electron chi connectivity index (χ4n) is 1.22. The maximum Gasteiger partial charge on any atom is 0.151 e. The van der Waals surface area contributed by atoms with E-state index in [0.717, 1.165) is 19.9 Å². The lowest BCUT2D eigenvalue weighted by Gasteiger charge is -2.02. The number of carbonyl (C=O) groups excluding carboxylic acids is 1. The Balaban J connectivity index is 2.91. The van der Waals surface area contributed by atoms with Crippen LogP contribution in [0.2, 0.25) is 0 Å². The number of aldehydes is 1. The van der Waals surface area contributed by atoms with Gasteiger partial charge in [0.05, 0.1) is 5.69 Å². The molecular formula is C9H6INOS. The molecule has 0 radical (unpaired) electrons. The number of thiophene rings is 1. The van der Waals surface area contributed by atoms with Crippen LogP contribution in [0.15, 0.2) is 17.5 Å². The fraction of sp³-hybridized carbons (Fsp3) is 0. The smallest absolute Gasteiger partial charge is 0.151 e. The molecule has 0 spiro atoms. The first-order chi connectivity index (χ1) is 6.24. The van der Waals surface area contributed by atoms with Crippen molar-refractivity contribution in [1.82, 2.24) is 0 Å². The summed E-state index contributed by atoms with van der Waals surface area (Å²) >= 11 is 3.70. The molecule has 0 atom stereocenters. The molecule has 1 aromatic heterocycles. The highest BCUT2D eigenvalue weighted by Crippen LogP contribution is 2.31. The SMILES string of the molecule is Nc1c(I)c(C=O)cc2sccc12. The Bertz CT molecular complexity index is 478. The molecule has 1 aromatic carbocycles. The number of carbonyl (C=O) groups is 1. The Hall–Kier alpha value is -0.620. The van der Waals surface area contributed by atoms with E-state index in [1.165, 1.54) is 0 Å². The number of halogens is 1. The normalized spacial score (nSPS) is 10.5. The van der Waals surface area contributed by atoms with Crippen molar-refractivity contribution in [1.29, 1.82) is 0 Å². The van der Waals surface area contributed by atoms with Crippen molar-refractivity contribution in [2.24, 2.45) is 0 Å². The van der Waals surface area contributed by atoms with E-state index in [2.05, 4.69) is 22.6 Å². The molecule has 0 aliphatic rings. The lowest BCUT2D eigenvalue weighted by molar-refractivity contribution is 0.112. The van der Waals surface area contributed by atoms with Gasteiger partial charge in [0.2, 0.25) is 0 Å². The molecule has 66 valence electrons. The van der Waals surface area contributed by atoms with Gasteiger partial charge in [-0.1, -0.05) is 0 Å². The molecule has 0 aliphatic heterocycles. The minimum atomic E-state index is 0.674. The van der Waals surface area contributed by atoms with Crippen molar-refractivity contribution in [2.75, 3.05) is 5.73 Å². The van der Waals surface area contributed by atoms with Crippen molar-refractivity contribution in [2.45, 2.75) is 0 Å². The van der Waals surface area contributed by atoms with Gasteiger partial charge in [0.25, 0.3) is 0 Å². The van der Waals surface area contributed by atoms with E-state index in [1.54, 1.807) is 11.3 Å². The van der Waals surface area contributed by atoms with E-state index in [9.17, 15) is 4.79 Å². The van der Waals surface area contributed by atoms with Crippen LogP contribution >= 0.6 is 33.9 Å². The third-order valence-electron chi connectivity index (χ3n) is 1.89. The van der Waals surface area contributed by atoms with Crippen molar-refractivity contribution in [3.8, 4) is 0 Å². The zero-order valence-corrected chi connectivity index (χ0v) is 9.56. The first kappa shape index (κ1) is 8.96. The van der Waals surface area contributed by atoms with Gasteiger partial charge >= 0.3 is 0 Å². The molecule has 0 saturated carbocycles. The van der Waals surface area contributed by atoms with Crippen LogP contribution in [-0.4, -0.2) is 6.29 Å². The topological polar surface area (TPSA) is 43.1 Å². The minimum absolute atomic E-state index is 0.674. The highest BCUT2D eigenvalue weighted by Gasteiger charge is 2.08. The number of rotatable bonds is 1. The summed E-state index contributed by atoms with van der Waals surface area (Å²) in [4.78, 5) is 10.7. The standard InChI is InChI=1S/C9H6INOS/c10-8-5(4-12)3-7-6(9(8)11)1-2-13-7/h1-4H,11H2. The third kappa shape index (κ3) is 1.34. The number of hydrogen-bond acceptors (Lipinski definition) is 3. The molecule has 1 heterocycles. The summed E-state index contributed by atoms with van der Waals surface area (Å²) in [7, 11) is 0. The Morgan fingerprint density at radius 2 is 2.31 bits per heavy atom. The second-order valence-electron chi connectivity index (χ2n) is 2.64. The molecule has 0 unspecified atom stereocenters. The van der Waals surface area contributed by atoms with Crippen molar-refractivity contribution >= 4 is 56.0 Å². The largest absolute Gasteiger partial charge is 0.397 e. The van der Waals surface area contributed by atoms with Crippen molar-refractivity contribution < 1.29 is 4.79 Å². The maximum absolute atomic E-state index is 10.7. The van der Waals surface area contributed by atoms with Gasteiger partial charge in [0.15, 0.2) is 6.29 Å². The van der Waals surface area contributed by atoms with Crippen molar-refractivity contribution in [3.63, 3.8) is 0 Å². The first-order valence-corrected chi connectivity index (χ1v) is 5.60. The predicted molar refractivity (Wildman–Crippen MR) is 64.3 cm³/mol. The summed E-state index contributed by atoms with van der Waals surface area (Å²) in [5.74, 6) is 0. The van der Waals surface area contributed by atoms with Gasteiger partial charge in [0.1, 0.15) is 0 Å². The average molecular weight is 303 g/mol. The van der Waals surface area contributed by atoms with Crippen LogP contribution in [0.5, 0.6) is 0 Å². The van der Waals surface area contributed by atoms with Crippen LogP contribution in [0.4, 0.5) is 5.69 Å². The van der Waals surface area contributed by atoms with Gasteiger partial charge in [-0.25, -0.2) is 0 Å². The molecule has 0 bridgehead atoms. The monoisotopic (exact) mass is 303 g/mol. The first-order valence-electron chi connectivity index (χ1n) is 3.64. The molecule has 0 saturated heterocycles. The maximum atomic E-state index is 10.7. The van der Waals surface area contributed by atoms with Gasteiger partial charge in [-0.2, -0.15) is 0 Å². The summed E-state index contributed by atoms with van der Waals surface area (Å²) in [6.45, 7) is 0. The molecule has 2 N–H and O–H groups in total. The molecule has 0 aliphatic carbocycles. The lowest BCUT2D eigenvalue weighted by Crippen LogP contribution is -1.94. The van der Waals surface area contributed by atoms with Gasteiger partial charge in [-0.3, -0.25) is 4.79 Å². The predicted octanol–water partition coefficient (Wildman–Crippen LogP) is 2.90. The number of nitrogen functional groups attached to an aromatic ring is 1. The van der Waals surface area contributed by atoms with Crippen LogP contribution in [0.25, 0.3) is 10.1 Å². The molecule has 2 aromatic rings. The molecule has 0 amide bonds. The van der Waals surface area contributed by atoms with Crippen LogP contribution in [0.3, 0.4) is 0 Å². The lowest BCUT2D eigenvalue weighted by atomic mass is 10.1. The summed E-state index contributed by atoms with van der Waals surface area (Å²) < 4.78 is 1.92. The van der Waals surface area contributed by atoms with E-state index >= 15 is 0 Å². The Morgan fingerprint density at radius 3 is 3.00 bits per heavy atom. The minimum Gasteiger partial charge on any atom is -0.397 e. The van der Waals surface area contributed by atoms with Crippen LogP contribution in [-0.2, 0) is 0 Å². The molecule has 2 nitrogen and oxygen atoms in total. The van der Waals surface area contributed by atoms with Gasteiger partial charge < -0.3 is 5.73 Å². The van der Waals surface area contributed by atoms with Gasteiger partial charge in [-0.05, 0) is 40.1 Å². The summed E-state index contributed by atoms with van der Waals surface area (Å²) in [5, 5.41) is 3.02. The Labute approximate surface area is 92.9 Å². The number of hydrogen-bond donors (Lipinski definition) is 1. The van der Waals surface area contributed by atoms with Crippen LogP contribution in [0.1, 0.15) is 10.4 Å². The van der Waals surface area contributed by atoms with E-state index in [-0.39, 0.29) is 0 Å². The number of nitrogens with two attached hydrogens (primary N) is 1. The molecular weight excluding hydrogens is 297 g/mol. The Kier molecular flexibility index (Phi) is 2.25. The van der Waals surface area contributed by atoms with Gasteiger partial charge in [0, 0.05) is 19.2 Å². The fourth-order valence-corrected chi connectivity index (χ4v) is 2.64. The third-order valence-corrected chi connectivity index (χ3v) is 3.96. The average Bonchev–Trinajstić information content (AvgIpc) is 2.59. The Morgan fingerprint density at radius 1 is 1.54 bits per heavy atom. The van der Waals surface area contributed by atoms with Crippen molar-refractivity contribution in [3.05, 3.63) is 26.6 Å². The summed E-state index contributed by atoms with van der Waals surface area (Å²) in [6.07, 6.45) is 0.845. The van der Waals surface area contributed by atoms with Crippen LogP contribution in [0, 0.1) is 3.57 Å². The summed E-state index contributed by atoms with van der Waals surface area (Å²) in [6, 6.07) is 3.86. The van der Waals surface area contributed by atoms with E-state index in [4.69, 9.17) is 5.73 Å². The number of benzene rings is 1. The zero-order chi connectivity index (χ0) is 9.42. The second kappa shape index (κ2) is 3.26. The van der Waals surface area contributed by atoms with Gasteiger partial charge in [-0.15, -0.1) is 11.3 Å². The zero-order valence-electron chi connectivity index (χ0n) is 6.58. The number of fused-ring (bicyclic) bond motifs is 1. The second-order valence-corrected chi connectivity index (χ2v) is 4.67. The highest BCUT2D eigenvalue weighted by molar-refractivity contribution is 14.1. The molecule has 13 heavy (non-hydrogen) atoms.